The van der Waals surface area contributed by atoms with E-state index in [1.54, 1.807) is 6.92 Å². The van der Waals surface area contributed by atoms with Crippen molar-refractivity contribution in [3.8, 4) is 0 Å². The topological polar surface area (TPSA) is 77.8 Å². The van der Waals surface area contributed by atoms with Gasteiger partial charge in [0.1, 0.15) is 11.1 Å². The second kappa shape index (κ2) is 2.99. The number of rotatable bonds is 2. The van der Waals surface area contributed by atoms with E-state index in [2.05, 4.69) is 0 Å². The summed E-state index contributed by atoms with van der Waals surface area (Å²) in [5.41, 5.74) is 0.0156. The predicted octanol–water partition coefficient (Wildman–Crippen LogP) is -0.176. The third-order valence-corrected chi connectivity index (χ3v) is 3.54. The first-order valence-electron chi connectivity index (χ1n) is 4.14. The number of carbonyl (C=O) groups is 2. The van der Waals surface area contributed by atoms with Gasteiger partial charge in [-0.3, -0.25) is 9.69 Å². The monoisotopic (exact) mass is 215 g/mol. The van der Waals surface area contributed by atoms with E-state index in [1.165, 1.54) is 22.1 Å². The Kier molecular flexibility index (Phi) is 2.04. The van der Waals surface area contributed by atoms with E-state index in [-0.39, 0.29) is 17.0 Å². The van der Waals surface area contributed by atoms with Crippen molar-refractivity contribution in [1.29, 1.82) is 0 Å². The van der Waals surface area contributed by atoms with Crippen LogP contribution in [0.1, 0.15) is 6.92 Å². The fourth-order valence-electron chi connectivity index (χ4n) is 1.68. The van der Waals surface area contributed by atoms with Gasteiger partial charge in [-0.05, 0) is 6.92 Å². The summed E-state index contributed by atoms with van der Waals surface area (Å²) in [6.07, 6.45) is -0.724. The molecule has 2 heterocycles. The molecule has 2 aliphatic rings. The maximum absolute atomic E-state index is 11.4. The summed E-state index contributed by atoms with van der Waals surface area (Å²) in [6.45, 7) is 1.54. The Morgan fingerprint density at radius 1 is 1.71 bits per heavy atom. The number of aliphatic hydroxyl groups excluding tert-OH is 1. The number of hydrogen-bond acceptors (Lipinski definition) is 4. The Bertz CT molecular complexity index is 338. The van der Waals surface area contributed by atoms with Crippen LogP contribution in [0.4, 0.5) is 0 Å². The number of nitrogens with zero attached hydrogens (tertiary/aromatic N) is 1. The van der Waals surface area contributed by atoms with Gasteiger partial charge in [0.15, 0.2) is 0 Å². The van der Waals surface area contributed by atoms with Crippen LogP contribution >= 0.6 is 11.8 Å². The zero-order chi connectivity index (χ0) is 10.5. The lowest BCUT2D eigenvalue weighted by molar-refractivity contribution is -0.156. The number of carboxylic acids is 1. The Hall–Kier alpha value is -1.01. The highest BCUT2D eigenvalue weighted by Gasteiger charge is 2.55. The molecule has 0 spiro atoms. The van der Waals surface area contributed by atoms with Gasteiger partial charge in [0.05, 0.1) is 12.0 Å². The number of aliphatic hydroxyl groups is 1. The Balaban J connectivity index is 2.17. The fourth-order valence-corrected chi connectivity index (χ4v) is 3.01. The average Bonchev–Trinajstić information content (AvgIpc) is 2.42. The summed E-state index contributed by atoms with van der Waals surface area (Å²) in [5.74, 6) is -1.87. The standard InChI is InChI=1S/C8H9NO4S/c1-3(10)5-6(11)9-4(8(12)13)2-14-7(5)9/h2-3,5,7,10H,1H3,(H,12,13)/t3-,5-,7-/m1/s1. The molecule has 5 nitrogen and oxygen atoms in total. The molecule has 2 rings (SSSR count). The van der Waals surface area contributed by atoms with E-state index in [1.807, 2.05) is 0 Å². The van der Waals surface area contributed by atoms with Crippen LogP contribution < -0.4 is 0 Å². The molecule has 0 aromatic carbocycles. The molecule has 0 aliphatic carbocycles. The van der Waals surface area contributed by atoms with Crippen LogP contribution in [0, 0.1) is 5.92 Å². The van der Waals surface area contributed by atoms with Crippen molar-refractivity contribution < 1.29 is 19.8 Å². The lowest BCUT2D eigenvalue weighted by Crippen LogP contribution is -2.60. The minimum absolute atomic E-state index is 0.0156. The van der Waals surface area contributed by atoms with Crippen molar-refractivity contribution in [3.63, 3.8) is 0 Å². The van der Waals surface area contributed by atoms with Crippen LogP contribution in [0.2, 0.25) is 0 Å². The van der Waals surface area contributed by atoms with E-state index < -0.39 is 18.0 Å². The number of fused-ring (bicyclic) bond motifs is 1. The van der Waals surface area contributed by atoms with Gasteiger partial charge in [-0.1, -0.05) is 0 Å². The molecule has 3 atom stereocenters. The first-order valence-corrected chi connectivity index (χ1v) is 5.08. The molecule has 6 heteroatoms. The molecule has 1 fully saturated rings. The van der Waals surface area contributed by atoms with E-state index in [0.29, 0.717) is 0 Å². The van der Waals surface area contributed by atoms with Gasteiger partial charge >= 0.3 is 5.97 Å². The van der Waals surface area contributed by atoms with Crippen LogP contribution in [-0.4, -0.2) is 38.5 Å². The van der Waals surface area contributed by atoms with Gasteiger partial charge in [-0.15, -0.1) is 11.8 Å². The molecular formula is C8H9NO4S. The average molecular weight is 215 g/mol. The van der Waals surface area contributed by atoms with Crippen molar-refractivity contribution in [2.24, 2.45) is 5.92 Å². The van der Waals surface area contributed by atoms with Crippen molar-refractivity contribution in [3.05, 3.63) is 11.1 Å². The SMILES string of the molecule is C[C@@H](O)[C@@H]1C(=O)N2C(C(=O)O)=CS[C@H]12. The number of thioether (sulfide) groups is 1. The molecule has 2 aliphatic heterocycles. The summed E-state index contributed by atoms with van der Waals surface area (Å²) in [4.78, 5) is 23.4. The first kappa shape index (κ1) is 9.54. The zero-order valence-corrected chi connectivity index (χ0v) is 8.19. The molecule has 76 valence electrons. The van der Waals surface area contributed by atoms with E-state index in [9.17, 15) is 14.7 Å². The lowest BCUT2D eigenvalue weighted by atomic mass is 9.92. The van der Waals surface area contributed by atoms with Crippen LogP contribution in [0.5, 0.6) is 0 Å². The van der Waals surface area contributed by atoms with Crippen LogP contribution in [-0.2, 0) is 9.59 Å². The molecule has 0 unspecified atom stereocenters. The molecule has 1 amide bonds. The zero-order valence-electron chi connectivity index (χ0n) is 7.38. The molecule has 0 aromatic rings. The highest BCUT2D eigenvalue weighted by Crippen LogP contribution is 2.45. The number of amides is 1. The third kappa shape index (κ3) is 1.07. The van der Waals surface area contributed by atoms with Gasteiger partial charge in [-0.2, -0.15) is 0 Å². The van der Waals surface area contributed by atoms with Gasteiger partial charge in [0.25, 0.3) is 0 Å². The van der Waals surface area contributed by atoms with Crippen LogP contribution in [0.25, 0.3) is 0 Å². The number of β-lactam (4-membered cyclic amide) rings is 1. The Morgan fingerprint density at radius 2 is 2.36 bits per heavy atom. The summed E-state index contributed by atoms with van der Waals surface area (Å²) >= 11 is 1.27. The molecule has 0 aromatic heterocycles. The highest BCUT2D eigenvalue weighted by atomic mass is 32.2. The summed E-state index contributed by atoms with van der Waals surface area (Å²) < 4.78 is 0. The molecule has 0 bridgehead atoms. The second-order valence-electron chi connectivity index (χ2n) is 3.31. The summed E-state index contributed by atoms with van der Waals surface area (Å²) in [7, 11) is 0. The van der Waals surface area contributed by atoms with Gasteiger partial charge in [-0.25, -0.2) is 4.79 Å². The van der Waals surface area contributed by atoms with Gasteiger partial charge < -0.3 is 10.2 Å². The normalized spacial score (nSPS) is 32.0. The van der Waals surface area contributed by atoms with E-state index in [4.69, 9.17) is 5.11 Å². The van der Waals surface area contributed by atoms with Crippen molar-refractivity contribution in [2.75, 3.05) is 0 Å². The molecule has 2 N–H and O–H groups in total. The molecular weight excluding hydrogens is 206 g/mol. The largest absolute Gasteiger partial charge is 0.477 e. The summed E-state index contributed by atoms with van der Waals surface area (Å²) in [6, 6.07) is 0. The van der Waals surface area contributed by atoms with Gasteiger partial charge in [0, 0.05) is 5.41 Å². The minimum Gasteiger partial charge on any atom is -0.477 e. The summed E-state index contributed by atoms with van der Waals surface area (Å²) in [5, 5.41) is 19.2. The number of hydrogen-bond donors (Lipinski definition) is 2. The lowest BCUT2D eigenvalue weighted by Gasteiger charge is -2.43. The minimum atomic E-state index is -1.10. The molecule has 1 saturated heterocycles. The number of aliphatic carboxylic acids is 1. The fraction of sp³-hybridized carbons (Fsp3) is 0.500. The van der Waals surface area contributed by atoms with Crippen molar-refractivity contribution in [1.82, 2.24) is 4.90 Å². The Morgan fingerprint density at radius 3 is 2.86 bits per heavy atom. The Labute approximate surface area is 84.4 Å². The van der Waals surface area contributed by atoms with E-state index >= 15 is 0 Å². The molecule has 14 heavy (non-hydrogen) atoms. The highest BCUT2D eigenvalue weighted by molar-refractivity contribution is 8.03. The quantitative estimate of drug-likeness (QED) is 0.625. The first-order chi connectivity index (χ1) is 6.54. The smallest absolute Gasteiger partial charge is 0.353 e. The maximum Gasteiger partial charge on any atom is 0.353 e. The number of carboxylic acid groups (broad SMARTS) is 1. The molecule has 0 saturated carbocycles. The van der Waals surface area contributed by atoms with Crippen LogP contribution in [0.3, 0.4) is 0 Å². The van der Waals surface area contributed by atoms with Crippen molar-refractivity contribution in [2.45, 2.75) is 18.4 Å². The molecule has 0 radical (unpaired) electrons. The van der Waals surface area contributed by atoms with Crippen LogP contribution in [0.15, 0.2) is 11.1 Å². The van der Waals surface area contributed by atoms with Crippen molar-refractivity contribution >= 4 is 23.6 Å². The maximum atomic E-state index is 11.4. The van der Waals surface area contributed by atoms with Gasteiger partial charge in [0.2, 0.25) is 5.91 Å². The second-order valence-corrected chi connectivity index (χ2v) is 4.30. The van der Waals surface area contributed by atoms with E-state index in [0.717, 1.165) is 0 Å². The predicted molar refractivity (Wildman–Crippen MR) is 49.1 cm³/mol. The third-order valence-electron chi connectivity index (χ3n) is 2.40. The number of carbonyl (C=O) groups excluding carboxylic acids is 1.